The lowest BCUT2D eigenvalue weighted by Crippen LogP contribution is -2.38. The Labute approximate surface area is 218 Å². The van der Waals surface area contributed by atoms with Gasteiger partial charge in [-0.05, 0) is 16.7 Å². The van der Waals surface area contributed by atoms with Gasteiger partial charge in [0.1, 0.15) is 16.4 Å². The van der Waals surface area contributed by atoms with E-state index in [1.54, 1.807) is 20.1 Å². The molecule has 0 N–H and O–H groups in total. The molecule has 3 heterocycles. The number of methoxy groups -OCH3 is 1. The first kappa shape index (κ1) is 22.9. The van der Waals surface area contributed by atoms with E-state index < -0.39 is 5.54 Å². The highest BCUT2D eigenvalue weighted by atomic mass is 35.5. The van der Waals surface area contributed by atoms with Crippen LogP contribution in [0.5, 0.6) is 5.88 Å². The normalized spacial score (nSPS) is 11.6. The summed E-state index contributed by atoms with van der Waals surface area (Å²) in [4.78, 5) is 4.54. The molecule has 8 heteroatoms. The molecular weight excluding hydrogens is 486 g/mol. The minimum Gasteiger partial charge on any atom is -0.479 e. The van der Waals surface area contributed by atoms with Gasteiger partial charge in [0.2, 0.25) is 11.8 Å². The molecular formula is C29H22ClN5O2. The van der Waals surface area contributed by atoms with Gasteiger partial charge in [0, 0.05) is 13.0 Å². The Kier molecular flexibility index (Phi) is 5.70. The zero-order valence-corrected chi connectivity index (χ0v) is 20.9. The maximum Gasteiger partial charge on any atom is 0.267 e. The Bertz CT molecular complexity index is 1590. The fourth-order valence-electron chi connectivity index (χ4n) is 4.92. The molecule has 0 saturated carbocycles. The van der Waals surface area contributed by atoms with Crippen LogP contribution in [-0.4, -0.2) is 32.1 Å². The Balaban J connectivity index is 1.81. The third-order valence-electron chi connectivity index (χ3n) is 6.41. The minimum absolute atomic E-state index is 0.243. The first-order valence-electron chi connectivity index (χ1n) is 11.7. The molecule has 37 heavy (non-hydrogen) atoms. The van der Waals surface area contributed by atoms with Crippen LogP contribution in [0, 0.1) is 6.92 Å². The van der Waals surface area contributed by atoms with Gasteiger partial charge in [-0.15, -0.1) is 15.3 Å². The Morgan fingerprint density at radius 3 is 1.81 bits per heavy atom. The van der Waals surface area contributed by atoms with Crippen molar-refractivity contribution in [2.45, 2.75) is 12.5 Å². The van der Waals surface area contributed by atoms with Crippen molar-refractivity contribution in [1.82, 2.24) is 25.0 Å². The SMILES string of the molecule is COc1nn(C(c2ccccc2)(c2ccccc2)c2ccccc2)c2cc(Cl)nc(-c3nnc(C)o3)c12. The second-order valence-corrected chi connectivity index (χ2v) is 8.93. The van der Waals surface area contributed by atoms with Crippen LogP contribution >= 0.6 is 11.6 Å². The topological polar surface area (TPSA) is 78.9 Å². The van der Waals surface area contributed by atoms with E-state index >= 15 is 0 Å². The molecule has 0 radical (unpaired) electrons. The molecule has 182 valence electrons. The highest BCUT2D eigenvalue weighted by Crippen LogP contribution is 2.45. The summed E-state index contributed by atoms with van der Waals surface area (Å²) in [5.41, 5.74) is 3.30. The van der Waals surface area contributed by atoms with Gasteiger partial charge >= 0.3 is 0 Å². The summed E-state index contributed by atoms with van der Waals surface area (Å²) in [7, 11) is 1.58. The summed E-state index contributed by atoms with van der Waals surface area (Å²) >= 11 is 6.61. The summed E-state index contributed by atoms with van der Waals surface area (Å²) in [6.45, 7) is 1.73. The van der Waals surface area contributed by atoms with E-state index in [2.05, 4.69) is 51.6 Å². The van der Waals surface area contributed by atoms with Crippen LogP contribution in [0.15, 0.2) is 101 Å². The second kappa shape index (κ2) is 9.19. The van der Waals surface area contributed by atoms with Crippen LogP contribution in [0.3, 0.4) is 0 Å². The molecule has 0 saturated heterocycles. The van der Waals surface area contributed by atoms with Crippen LogP contribution in [0.25, 0.3) is 22.5 Å². The smallest absolute Gasteiger partial charge is 0.267 e. The molecule has 0 aliphatic heterocycles. The number of hydrogen-bond donors (Lipinski definition) is 0. The number of nitrogens with zero attached hydrogens (tertiary/aromatic N) is 5. The van der Waals surface area contributed by atoms with E-state index in [0.29, 0.717) is 28.4 Å². The summed E-state index contributed by atoms with van der Waals surface area (Å²) in [5, 5.41) is 14.1. The summed E-state index contributed by atoms with van der Waals surface area (Å²) in [5.74, 6) is 1.04. The third kappa shape index (κ3) is 3.67. The molecule has 3 aromatic heterocycles. The molecule has 6 aromatic rings. The molecule has 0 fully saturated rings. The summed E-state index contributed by atoms with van der Waals surface area (Å²) < 4.78 is 13.5. The number of ether oxygens (including phenoxy) is 1. The maximum atomic E-state index is 6.61. The van der Waals surface area contributed by atoms with E-state index in [-0.39, 0.29) is 11.0 Å². The molecule has 0 bridgehead atoms. The zero-order valence-electron chi connectivity index (χ0n) is 20.2. The lowest BCUT2D eigenvalue weighted by Gasteiger charge is -2.36. The van der Waals surface area contributed by atoms with E-state index in [1.807, 2.05) is 59.3 Å². The van der Waals surface area contributed by atoms with E-state index in [4.69, 9.17) is 25.9 Å². The lowest BCUT2D eigenvalue weighted by atomic mass is 9.77. The van der Waals surface area contributed by atoms with Gasteiger partial charge in [-0.1, -0.05) is 103 Å². The molecule has 3 aromatic carbocycles. The van der Waals surface area contributed by atoms with Gasteiger partial charge in [0.25, 0.3) is 5.89 Å². The van der Waals surface area contributed by atoms with Gasteiger partial charge in [-0.3, -0.25) is 0 Å². The van der Waals surface area contributed by atoms with Crippen molar-refractivity contribution in [3.05, 3.63) is 125 Å². The Morgan fingerprint density at radius 1 is 0.811 bits per heavy atom. The molecule has 0 unspecified atom stereocenters. The first-order chi connectivity index (χ1) is 18.1. The molecule has 0 aliphatic carbocycles. The standard InChI is InChI=1S/C29H22ClN5O2/c1-19-32-33-28(37-19)26-25-23(18-24(30)31-26)35(34-27(25)36-2)29(20-12-6-3-7-13-20,21-14-8-4-9-15-21)22-16-10-5-11-17-22/h3-18H,1-2H3. The first-order valence-corrected chi connectivity index (χ1v) is 12.1. The van der Waals surface area contributed by atoms with E-state index in [9.17, 15) is 0 Å². The summed E-state index contributed by atoms with van der Waals surface area (Å²) in [6.07, 6.45) is 0. The third-order valence-corrected chi connectivity index (χ3v) is 6.61. The number of rotatable bonds is 6. The van der Waals surface area contributed by atoms with Crippen molar-refractivity contribution in [3.8, 4) is 17.5 Å². The molecule has 0 amide bonds. The fraction of sp³-hybridized carbons (Fsp3) is 0.103. The number of halogens is 1. The lowest BCUT2D eigenvalue weighted by molar-refractivity contribution is 0.378. The summed E-state index contributed by atoms with van der Waals surface area (Å²) in [6, 6.07) is 32.6. The van der Waals surface area contributed by atoms with Crippen molar-refractivity contribution in [2.24, 2.45) is 0 Å². The number of aromatic nitrogens is 5. The van der Waals surface area contributed by atoms with Crippen molar-refractivity contribution >= 4 is 22.5 Å². The number of benzene rings is 3. The van der Waals surface area contributed by atoms with Crippen LogP contribution in [0.2, 0.25) is 5.15 Å². The monoisotopic (exact) mass is 507 g/mol. The van der Waals surface area contributed by atoms with E-state index in [1.165, 1.54) is 0 Å². The Hall–Kier alpha value is -4.49. The average Bonchev–Trinajstić information content (AvgIpc) is 3.54. The number of pyridine rings is 1. The predicted molar refractivity (Wildman–Crippen MR) is 142 cm³/mol. The average molecular weight is 508 g/mol. The highest BCUT2D eigenvalue weighted by Gasteiger charge is 2.41. The zero-order chi connectivity index (χ0) is 25.4. The fourth-order valence-corrected chi connectivity index (χ4v) is 5.11. The molecule has 0 spiro atoms. The quantitative estimate of drug-likeness (QED) is 0.195. The van der Waals surface area contributed by atoms with Gasteiger partial charge in [-0.25, -0.2) is 9.67 Å². The van der Waals surface area contributed by atoms with Crippen molar-refractivity contribution < 1.29 is 9.15 Å². The van der Waals surface area contributed by atoms with Crippen LogP contribution in [0.1, 0.15) is 22.6 Å². The van der Waals surface area contributed by atoms with E-state index in [0.717, 1.165) is 16.7 Å². The van der Waals surface area contributed by atoms with Crippen molar-refractivity contribution in [2.75, 3.05) is 7.11 Å². The number of aryl methyl sites for hydroxylation is 1. The maximum absolute atomic E-state index is 6.61. The molecule has 0 aliphatic rings. The van der Waals surface area contributed by atoms with Gasteiger partial charge in [-0.2, -0.15) is 0 Å². The second-order valence-electron chi connectivity index (χ2n) is 8.54. The van der Waals surface area contributed by atoms with Crippen molar-refractivity contribution in [3.63, 3.8) is 0 Å². The Morgan fingerprint density at radius 2 is 1.35 bits per heavy atom. The van der Waals surface area contributed by atoms with Gasteiger partial charge < -0.3 is 9.15 Å². The van der Waals surface area contributed by atoms with Crippen LogP contribution < -0.4 is 4.74 Å². The predicted octanol–water partition coefficient (Wildman–Crippen LogP) is 6.29. The molecule has 6 rings (SSSR count). The van der Waals surface area contributed by atoms with Crippen molar-refractivity contribution in [1.29, 1.82) is 0 Å². The van der Waals surface area contributed by atoms with Gasteiger partial charge in [0.15, 0.2) is 0 Å². The van der Waals surface area contributed by atoms with Crippen LogP contribution in [0.4, 0.5) is 0 Å². The van der Waals surface area contributed by atoms with Gasteiger partial charge in [0.05, 0.1) is 18.0 Å². The number of hydrogen-bond acceptors (Lipinski definition) is 6. The highest BCUT2D eigenvalue weighted by molar-refractivity contribution is 6.30. The van der Waals surface area contributed by atoms with Crippen LogP contribution in [-0.2, 0) is 5.54 Å². The molecule has 7 nitrogen and oxygen atoms in total. The minimum atomic E-state index is -0.870. The number of fused-ring (bicyclic) bond motifs is 1. The molecule has 0 atom stereocenters. The largest absolute Gasteiger partial charge is 0.479 e.